The Morgan fingerprint density at radius 3 is 2.55 bits per heavy atom. The highest BCUT2D eigenvalue weighted by atomic mass is 16.5. The minimum atomic E-state index is -0.0405. The van der Waals surface area contributed by atoms with Gasteiger partial charge in [0, 0.05) is 32.3 Å². The van der Waals surface area contributed by atoms with Gasteiger partial charge in [-0.3, -0.25) is 4.79 Å². The minimum absolute atomic E-state index is 0.0405. The summed E-state index contributed by atoms with van der Waals surface area (Å²) >= 11 is 0. The molecule has 0 radical (unpaired) electrons. The fourth-order valence-corrected chi connectivity index (χ4v) is 3.66. The smallest absolute Gasteiger partial charge is 0.239 e. The Labute approximate surface area is 136 Å². The SMILES string of the molecule is CCC1CCCN(C(=O)C(NC2CCOCC2)C(C)C)CC1. The Hall–Kier alpha value is -0.610. The molecule has 0 aliphatic carbocycles. The molecule has 0 bridgehead atoms. The number of likely N-dealkylation sites (tertiary alicyclic amines) is 1. The van der Waals surface area contributed by atoms with Crippen LogP contribution in [0.3, 0.4) is 0 Å². The van der Waals surface area contributed by atoms with E-state index in [1.165, 1.54) is 19.3 Å². The predicted molar refractivity (Wildman–Crippen MR) is 89.8 cm³/mol. The van der Waals surface area contributed by atoms with Gasteiger partial charge in [-0.25, -0.2) is 0 Å². The number of ether oxygens (including phenoxy) is 1. The van der Waals surface area contributed by atoms with Crippen LogP contribution in [0.2, 0.25) is 0 Å². The molecule has 2 aliphatic heterocycles. The number of hydrogen-bond acceptors (Lipinski definition) is 3. The molecular weight excluding hydrogens is 276 g/mol. The van der Waals surface area contributed by atoms with Crippen LogP contribution >= 0.6 is 0 Å². The van der Waals surface area contributed by atoms with Gasteiger partial charge < -0.3 is 15.0 Å². The average molecular weight is 310 g/mol. The van der Waals surface area contributed by atoms with E-state index in [0.29, 0.717) is 17.9 Å². The van der Waals surface area contributed by atoms with E-state index >= 15 is 0 Å². The summed E-state index contributed by atoms with van der Waals surface area (Å²) < 4.78 is 5.42. The van der Waals surface area contributed by atoms with Crippen molar-refractivity contribution in [1.82, 2.24) is 10.2 Å². The van der Waals surface area contributed by atoms with E-state index in [0.717, 1.165) is 51.5 Å². The molecule has 2 rings (SSSR count). The van der Waals surface area contributed by atoms with Gasteiger partial charge in [-0.1, -0.05) is 27.2 Å². The summed E-state index contributed by atoms with van der Waals surface area (Å²) in [5.74, 6) is 1.46. The topological polar surface area (TPSA) is 41.6 Å². The summed E-state index contributed by atoms with van der Waals surface area (Å²) in [4.78, 5) is 15.1. The van der Waals surface area contributed by atoms with Gasteiger partial charge in [0.15, 0.2) is 0 Å². The van der Waals surface area contributed by atoms with E-state index in [2.05, 4.69) is 31.0 Å². The summed E-state index contributed by atoms with van der Waals surface area (Å²) in [5, 5.41) is 3.63. The third kappa shape index (κ3) is 4.95. The number of nitrogens with one attached hydrogen (secondary N) is 1. The number of carbonyl (C=O) groups is 1. The van der Waals surface area contributed by atoms with Crippen LogP contribution < -0.4 is 5.32 Å². The Morgan fingerprint density at radius 2 is 1.91 bits per heavy atom. The maximum atomic E-state index is 13.0. The molecule has 0 saturated carbocycles. The van der Waals surface area contributed by atoms with E-state index in [4.69, 9.17) is 4.74 Å². The molecule has 4 nitrogen and oxygen atoms in total. The van der Waals surface area contributed by atoms with Crippen LogP contribution in [0, 0.1) is 11.8 Å². The quantitative estimate of drug-likeness (QED) is 0.849. The number of hydrogen-bond donors (Lipinski definition) is 1. The lowest BCUT2D eigenvalue weighted by Crippen LogP contribution is -2.53. The van der Waals surface area contributed by atoms with Crippen LogP contribution in [0.5, 0.6) is 0 Å². The summed E-state index contributed by atoms with van der Waals surface area (Å²) in [6, 6.07) is 0.391. The van der Waals surface area contributed by atoms with Gasteiger partial charge in [0.2, 0.25) is 5.91 Å². The molecule has 1 N–H and O–H groups in total. The first kappa shape index (κ1) is 17.7. The van der Waals surface area contributed by atoms with Gasteiger partial charge in [0.05, 0.1) is 6.04 Å². The number of rotatable bonds is 5. The van der Waals surface area contributed by atoms with Crippen LogP contribution in [-0.2, 0) is 9.53 Å². The maximum absolute atomic E-state index is 13.0. The Balaban J connectivity index is 1.93. The molecule has 4 heteroatoms. The molecule has 0 spiro atoms. The van der Waals surface area contributed by atoms with Gasteiger partial charge in [-0.15, -0.1) is 0 Å². The summed E-state index contributed by atoms with van der Waals surface area (Å²) in [6.07, 6.45) is 6.90. The predicted octanol–water partition coefficient (Wildman–Crippen LogP) is 2.82. The van der Waals surface area contributed by atoms with Crippen molar-refractivity contribution in [3.63, 3.8) is 0 Å². The lowest BCUT2D eigenvalue weighted by molar-refractivity contribution is -0.135. The normalized spacial score (nSPS) is 26.0. The van der Waals surface area contributed by atoms with Crippen LogP contribution in [0.25, 0.3) is 0 Å². The summed E-state index contributed by atoms with van der Waals surface area (Å²) in [5.41, 5.74) is 0. The van der Waals surface area contributed by atoms with E-state index in [9.17, 15) is 4.79 Å². The third-order valence-electron chi connectivity index (χ3n) is 5.31. The number of nitrogens with zero attached hydrogens (tertiary/aromatic N) is 1. The van der Waals surface area contributed by atoms with E-state index in [-0.39, 0.29) is 6.04 Å². The molecule has 2 atom stereocenters. The molecule has 2 saturated heterocycles. The van der Waals surface area contributed by atoms with Gasteiger partial charge >= 0.3 is 0 Å². The highest BCUT2D eigenvalue weighted by molar-refractivity contribution is 5.82. The molecule has 1 amide bonds. The van der Waals surface area contributed by atoms with E-state index in [1.54, 1.807) is 0 Å². The highest BCUT2D eigenvalue weighted by Gasteiger charge is 2.30. The van der Waals surface area contributed by atoms with Crippen molar-refractivity contribution in [2.75, 3.05) is 26.3 Å². The van der Waals surface area contributed by atoms with Crippen LogP contribution in [0.4, 0.5) is 0 Å². The molecule has 128 valence electrons. The standard InChI is InChI=1S/C18H34N2O2/c1-4-15-6-5-10-20(11-7-15)18(21)17(14(2)3)19-16-8-12-22-13-9-16/h14-17,19H,4-13H2,1-3H3. The second-order valence-electron chi connectivity index (χ2n) is 7.31. The second-order valence-corrected chi connectivity index (χ2v) is 7.31. The van der Waals surface area contributed by atoms with Crippen molar-refractivity contribution < 1.29 is 9.53 Å². The molecule has 2 aliphatic rings. The molecule has 22 heavy (non-hydrogen) atoms. The van der Waals surface area contributed by atoms with Gasteiger partial charge in [-0.05, 0) is 43.9 Å². The molecule has 2 fully saturated rings. The molecule has 0 aromatic heterocycles. The van der Waals surface area contributed by atoms with Crippen molar-refractivity contribution in [2.45, 2.75) is 71.4 Å². The summed E-state index contributed by atoms with van der Waals surface area (Å²) in [7, 11) is 0. The maximum Gasteiger partial charge on any atom is 0.239 e. The highest BCUT2D eigenvalue weighted by Crippen LogP contribution is 2.22. The van der Waals surface area contributed by atoms with Crippen molar-refractivity contribution in [3.8, 4) is 0 Å². The first-order valence-corrected chi connectivity index (χ1v) is 9.24. The Bertz CT molecular complexity index is 340. The molecular formula is C18H34N2O2. The summed E-state index contributed by atoms with van der Waals surface area (Å²) in [6.45, 7) is 10.1. The van der Waals surface area contributed by atoms with Crippen molar-refractivity contribution in [2.24, 2.45) is 11.8 Å². The zero-order chi connectivity index (χ0) is 15.9. The first-order chi connectivity index (χ1) is 10.6. The Morgan fingerprint density at radius 1 is 1.18 bits per heavy atom. The zero-order valence-corrected chi connectivity index (χ0v) is 14.6. The van der Waals surface area contributed by atoms with Crippen LogP contribution in [0.15, 0.2) is 0 Å². The van der Waals surface area contributed by atoms with E-state index in [1.807, 2.05) is 0 Å². The van der Waals surface area contributed by atoms with Crippen LogP contribution in [-0.4, -0.2) is 49.2 Å². The first-order valence-electron chi connectivity index (χ1n) is 9.24. The van der Waals surface area contributed by atoms with Gasteiger partial charge in [-0.2, -0.15) is 0 Å². The fourth-order valence-electron chi connectivity index (χ4n) is 3.66. The average Bonchev–Trinajstić information content (AvgIpc) is 2.78. The minimum Gasteiger partial charge on any atom is -0.381 e. The monoisotopic (exact) mass is 310 g/mol. The Kier molecular flexibility index (Phi) is 7.16. The molecule has 2 unspecified atom stereocenters. The van der Waals surface area contributed by atoms with Crippen molar-refractivity contribution >= 4 is 5.91 Å². The zero-order valence-electron chi connectivity index (χ0n) is 14.6. The lowest BCUT2D eigenvalue weighted by atomic mass is 9.98. The number of amides is 1. The van der Waals surface area contributed by atoms with Gasteiger partial charge in [0.25, 0.3) is 0 Å². The van der Waals surface area contributed by atoms with Crippen molar-refractivity contribution in [1.29, 1.82) is 0 Å². The van der Waals surface area contributed by atoms with Crippen LogP contribution in [0.1, 0.15) is 59.3 Å². The second kappa shape index (κ2) is 8.88. The van der Waals surface area contributed by atoms with Gasteiger partial charge in [0.1, 0.15) is 0 Å². The van der Waals surface area contributed by atoms with E-state index < -0.39 is 0 Å². The largest absolute Gasteiger partial charge is 0.381 e. The molecule has 0 aromatic carbocycles. The molecule has 0 aromatic rings. The lowest BCUT2D eigenvalue weighted by Gasteiger charge is -2.33. The number of carbonyl (C=O) groups excluding carboxylic acids is 1. The van der Waals surface area contributed by atoms with Crippen molar-refractivity contribution in [3.05, 3.63) is 0 Å². The molecule has 2 heterocycles. The third-order valence-corrected chi connectivity index (χ3v) is 5.31. The fraction of sp³-hybridized carbons (Fsp3) is 0.944.